The number of nitrogens with zero attached hydrogens (tertiary/aromatic N) is 2. The molecule has 4 heteroatoms. The third kappa shape index (κ3) is 3.08. The van der Waals surface area contributed by atoms with Gasteiger partial charge in [0, 0.05) is 12.1 Å². The number of hydrogen-bond donors (Lipinski definition) is 1. The van der Waals surface area contributed by atoms with Crippen molar-refractivity contribution in [3.63, 3.8) is 0 Å². The van der Waals surface area contributed by atoms with Crippen LogP contribution in [-0.4, -0.2) is 16.0 Å². The van der Waals surface area contributed by atoms with Gasteiger partial charge in [-0.3, -0.25) is 0 Å². The van der Waals surface area contributed by atoms with E-state index in [1.54, 1.807) is 6.07 Å². The lowest BCUT2D eigenvalue weighted by Crippen LogP contribution is -2.26. The van der Waals surface area contributed by atoms with Crippen LogP contribution in [-0.2, 0) is 0 Å². The molecule has 1 fully saturated rings. The third-order valence-corrected chi connectivity index (χ3v) is 3.62. The predicted molar refractivity (Wildman–Crippen MR) is 66.7 cm³/mol. The van der Waals surface area contributed by atoms with Gasteiger partial charge < -0.3 is 5.32 Å². The second-order valence-electron chi connectivity index (χ2n) is 4.50. The van der Waals surface area contributed by atoms with Crippen LogP contribution in [0.25, 0.3) is 0 Å². The van der Waals surface area contributed by atoms with E-state index in [0.29, 0.717) is 11.2 Å². The van der Waals surface area contributed by atoms with Crippen LogP contribution in [0.1, 0.15) is 39.0 Å². The van der Waals surface area contributed by atoms with Gasteiger partial charge in [-0.05, 0) is 31.6 Å². The maximum atomic E-state index is 5.82. The zero-order valence-electron chi connectivity index (χ0n) is 9.62. The smallest absolute Gasteiger partial charge is 0.134 e. The molecule has 0 aromatic carbocycles. The van der Waals surface area contributed by atoms with Crippen molar-refractivity contribution in [3.8, 4) is 0 Å². The van der Waals surface area contributed by atoms with E-state index in [0.717, 1.165) is 11.7 Å². The van der Waals surface area contributed by atoms with Crippen molar-refractivity contribution in [1.82, 2.24) is 9.97 Å². The van der Waals surface area contributed by atoms with Crippen molar-refractivity contribution in [1.29, 1.82) is 0 Å². The van der Waals surface area contributed by atoms with Crippen LogP contribution in [0.15, 0.2) is 12.4 Å². The van der Waals surface area contributed by atoms with E-state index in [9.17, 15) is 0 Å². The summed E-state index contributed by atoms with van der Waals surface area (Å²) in [5.74, 6) is 1.77. The highest BCUT2D eigenvalue weighted by Crippen LogP contribution is 2.28. The molecule has 1 saturated carbocycles. The molecular formula is C12H18ClN3. The van der Waals surface area contributed by atoms with Crippen LogP contribution in [0.4, 0.5) is 5.82 Å². The number of hydrogen-bond acceptors (Lipinski definition) is 3. The molecule has 1 heterocycles. The molecule has 3 nitrogen and oxygen atoms in total. The Labute approximate surface area is 102 Å². The fourth-order valence-electron chi connectivity index (χ4n) is 2.34. The average Bonchev–Trinajstić information content (AvgIpc) is 2.30. The van der Waals surface area contributed by atoms with Gasteiger partial charge >= 0.3 is 0 Å². The lowest BCUT2D eigenvalue weighted by atomic mass is 9.84. The van der Waals surface area contributed by atoms with E-state index in [1.807, 2.05) is 0 Å². The quantitative estimate of drug-likeness (QED) is 0.821. The van der Waals surface area contributed by atoms with Crippen molar-refractivity contribution in [2.45, 2.75) is 45.1 Å². The van der Waals surface area contributed by atoms with Crippen LogP contribution in [0.2, 0.25) is 5.15 Å². The lowest BCUT2D eigenvalue weighted by Gasteiger charge is -2.28. The van der Waals surface area contributed by atoms with Gasteiger partial charge in [0.2, 0.25) is 0 Å². The van der Waals surface area contributed by atoms with Crippen LogP contribution in [0, 0.1) is 5.92 Å². The molecule has 0 atom stereocenters. The molecule has 88 valence electrons. The number of anilines is 1. The summed E-state index contributed by atoms with van der Waals surface area (Å²) in [6.07, 6.45) is 7.94. The lowest BCUT2D eigenvalue weighted by molar-refractivity contribution is 0.330. The summed E-state index contributed by atoms with van der Waals surface area (Å²) in [5.41, 5.74) is 0. The van der Waals surface area contributed by atoms with Crippen molar-refractivity contribution >= 4 is 17.4 Å². The van der Waals surface area contributed by atoms with Crippen LogP contribution >= 0.6 is 11.6 Å². The van der Waals surface area contributed by atoms with Gasteiger partial charge in [0.25, 0.3) is 0 Å². The average molecular weight is 240 g/mol. The van der Waals surface area contributed by atoms with Gasteiger partial charge in [0.15, 0.2) is 0 Å². The summed E-state index contributed by atoms with van der Waals surface area (Å²) >= 11 is 5.82. The normalized spacial score (nSPS) is 25.4. The standard InChI is InChI=1S/C12H18ClN3/c1-2-9-3-5-10(6-4-9)16-12-7-11(13)14-8-15-12/h7-10H,2-6H2,1H3,(H,14,15,16). The van der Waals surface area contributed by atoms with Gasteiger partial charge in [-0.2, -0.15) is 0 Å². The zero-order chi connectivity index (χ0) is 11.4. The predicted octanol–water partition coefficient (Wildman–Crippen LogP) is 3.51. The molecule has 0 unspecified atom stereocenters. The van der Waals surface area contributed by atoms with Gasteiger partial charge in [0.1, 0.15) is 17.3 Å². The highest BCUT2D eigenvalue weighted by molar-refractivity contribution is 6.29. The first kappa shape index (κ1) is 11.6. The molecule has 0 spiro atoms. The Morgan fingerprint density at radius 3 is 2.69 bits per heavy atom. The van der Waals surface area contributed by atoms with Gasteiger partial charge in [-0.15, -0.1) is 0 Å². The molecule has 0 bridgehead atoms. The summed E-state index contributed by atoms with van der Waals surface area (Å²) in [5, 5.41) is 3.93. The van der Waals surface area contributed by atoms with E-state index in [4.69, 9.17) is 11.6 Å². The molecule has 1 N–H and O–H groups in total. The number of aromatic nitrogens is 2. The molecule has 1 aliphatic rings. The summed E-state index contributed by atoms with van der Waals surface area (Å²) in [6.45, 7) is 2.28. The molecule has 0 radical (unpaired) electrons. The van der Waals surface area contributed by atoms with Crippen LogP contribution in [0.3, 0.4) is 0 Å². The van der Waals surface area contributed by atoms with E-state index in [2.05, 4.69) is 22.2 Å². The van der Waals surface area contributed by atoms with Crippen molar-refractivity contribution in [3.05, 3.63) is 17.5 Å². The Morgan fingerprint density at radius 2 is 2.06 bits per heavy atom. The first-order valence-corrected chi connectivity index (χ1v) is 6.39. The maximum Gasteiger partial charge on any atom is 0.134 e. The highest BCUT2D eigenvalue weighted by atomic mass is 35.5. The minimum Gasteiger partial charge on any atom is -0.367 e. The number of rotatable bonds is 3. The summed E-state index contributed by atoms with van der Waals surface area (Å²) in [6, 6.07) is 2.33. The Morgan fingerprint density at radius 1 is 1.31 bits per heavy atom. The first-order valence-electron chi connectivity index (χ1n) is 6.02. The fraction of sp³-hybridized carbons (Fsp3) is 0.667. The van der Waals surface area contributed by atoms with Crippen LogP contribution < -0.4 is 5.32 Å². The van der Waals surface area contributed by atoms with E-state index in [-0.39, 0.29) is 0 Å². The summed E-state index contributed by atoms with van der Waals surface area (Å²) < 4.78 is 0. The molecular weight excluding hydrogens is 222 g/mol. The van der Waals surface area contributed by atoms with E-state index in [1.165, 1.54) is 38.4 Å². The molecule has 1 aromatic heterocycles. The SMILES string of the molecule is CCC1CCC(Nc2cc(Cl)ncn2)CC1. The molecule has 16 heavy (non-hydrogen) atoms. The van der Waals surface area contributed by atoms with Gasteiger partial charge in [-0.1, -0.05) is 24.9 Å². The Bertz CT molecular complexity index is 335. The highest BCUT2D eigenvalue weighted by Gasteiger charge is 2.19. The van der Waals surface area contributed by atoms with E-state index < -0.39 is 0 Å². The van der Waals surface area contributed by atoms with E-state index >= 15 is 0 Å². The Balaban J connectivity index is 1.87. The van der Waals surface area contributed by atoms with Crippen LogP contribution in [0.5, 0.6) is 0 Å². The summed E-state index contributed by atoms with van der Waals surface area (Å²) in [4.78, 5) is 8.04. The topological polar surface area (TPSA) is 37.8 Å². The summed E-state index contributed by atoms with van der Waals surface area (Å²) in [7, 11) is 0. The number of halogens is 1. The number of nitrogens with one attached hydrogen (secondary N) is 1. The molecule has 0 amide bonds. The largest absolute Gasteiger partial charge is 0.367 e. The minimum atomic E-state index is 0.500. The second kappa shape index (κ2) is 5.48. The molecule has 0 saturated heterocycles. The Hall–Kier alpha value is -0.830. The Kier molecular flexibility index (Phi) is 3.99. The van der Waals surface area contributed by atoms with Crippen molar-refractivity contribution in [2.24, 2.45) is 5.92 Å². The molecule has 1 aliphatic carbocycles. The monoisotopic (exact) mass is 239 g/mol. The second-order valence-corrected chi connectivity index (χ2v) is 4.88. The van der Waals surface area contributed by atoms with Gasteiger partial charge in [-0.25, -0.2) is 9.97 Å². The third-order valence-electron chi connectivity index (χ3n) is 3.41. The molecule has 2 rings (SSSR count). The van der Waals surface area contributed by atoms with Crippen molar-refractivity contribution in [2.75, 3.05) is 5.32 Å². The molecule has 1 aromatic rings. The maximum absolute atomic E-state index is 5.82. The first-order chi connectivity index (χ1) is 7.78. The van der Waals surface area contributed by atoms with Gasteiger partial charge in [0.05, 0.1) is 0 Å². The van der Waals surface area contributed by atoms with Crippen molar-refractivity contribution < 1.29 is 0 Å². The molecule has 0 aliphatic heterocycles. The fourth-order valence-corrected chi connectivity index (χ4v) is 2.48. The zero-order valence-corrected chi connectivity index (χ0v) is 10.4. The minimum absolute atomic E-state index is 0.500.